The molecule has 0 saturated carbocycles. The zero-order valence-electron chi connectivity index (χ0n) is 11.7. The molecule has 1 N–H and O–H groups in total. The quantitative estimate of drug-likeness (QED) is 0.837. The zero-order chi connectivity index (χ0) is 13.3. The Bertz CT molecular complexity index is 355. The number of nitrogens with one attached hydrogen (secondary N) is 1. The number of nitrogens with zero attached hydrogens (tertiary/aromatic N) is 1. The van der Waals surface area contributed by atoms with Crippen LogP contribution >= 0.6 is 0 Å². The molecule has 0 radical (unpaired) electrons. The molecule has 4 nitrogen and oxygen atoms in total. The maximum Gasteiger partial charge on any atom is 0.214 e. The number of hydrogen-bond acceptors (Lipinski definition) is 3. The third kappa shape index (κ3) is 4.94. The first-order chi connectivity index (χ1) is 7.52. The minimum absolute atomic E-state index is 0.0661. The van der Waals surface area contributed by atoms with Crippen molar-refractivity contribution in [1.29, 1.82) is 0 Å². The monoisotopic (exact) mass is 262 g/mol. The van der Waals surface area contributed by atoms with E-state index in [1.807, 2.05) is 13.8 Å². The van der Waals surface area contributed by atoms with Gasteiger partial charge in [-0.3, -0.25) is 0 Å². The molecule has 0 aromatic heterocycles. The molecule has 0 amide bonds. The molecule has 0 aromatic carbocycles. The zero-order valence-corrected chi connectivity index (χ0v) is 12.5. The van der Waals surface area contributed by atoms with Gasteiger partial charge in [0, 0.05) is 25.2 Å². The summed E-state index contributed by atoms with van der Waals surface area (Å²) in [5, 5.41) is 3.33. The Hall–Kier alpha value is -0.130. The van der Waals surface area contributed by atoms with Crippen molar-refractivity contribution in [2.24, 2.45) is 5.41 Å². The van der Waals surface area contributed by atoms with Gasteiger partial charge >= 0.3 is 0 Å². The third-order valence-electron chi connectivity index (χ3n) is 3.04. The Kier molecular flexibility index (Phi) is 4.27. The van der Waals surface area contributed by atoms with E-state index in [2.05, 4.69) is 26.1 Å². The SMILES string of the molecule is CC(C)(C)CCS(=O)(=O)N1CCNC(C)(C)C1. The highest BCUT2D eigenvalue weighted by Gasteiger charge is 2.33. The summed E-state index contributed by atoms with van der Waals surface area (Å²) in [4.78, 5) is 0. The number of hydrogen-bond donors (Lipinski definition) is 1. The van der Waals surface area contributed by atoms with Crippen molar-refractivity contribution in [3.05, 3.63) is 0 Å². The van der Waals surface area contributed by atoms with E-state index in [4.69, 9.17) is 0 Å². The highest BCUT2D eigenvalue weighted by atomic mass is 32.2. The van der Waals surface area contributed by atoms with Crippen molar-refractivity contribution < 1.29 is 8.42 Å². The lowest BCUT2D eigenvalue weighted by Gasteiger charge is -2.38. The summed E-state index contributed by atoms with van der Waals surface area (Å²) < 4.78 is 26.1. The summed E-state index contributed by atoms with van der Waals surface area (Å²) in [6.07, 6.45) is 0.708. The lowest BCUT2D eigenvalue weighted by Crippen LogP contribution is -2.58. The molecule has 0 aromatic rings. The van der Waals surface area contributed by atoms with Gasteiger partial charge in [-0.15, -0.1) is 0 Å². The molecule has 0 atom stereocenters. The first kappa shape index (κ1) is 14.9. The molecular weight excluding hydrogens is 236 g/mol. The third-order valence-corrected chi connectivity index (χ3v) is 4.86. The van der Waals surface area contributed by atoms with E-state index in [1.54, 1.807) is 4.31 Å². The Morgan fingerprint density at radius 3 is 2.35 bits per heavy atom. The fraction of sp³-hybridized carbons (Fsp3) is 1.00. The minimum Gasteiger partial charge on any atom is -0.309 e. The number of rotatable bonds is 3. The Balaban J connectivity index is 2.64. The van der Waals surface area contributed by atoms with Gasteiger partial charge in [0.1, 0.15) is 0 Å². The molecule has 0 unspecified atom stereocenters. The lowest BCUT2D eigenvalue weighted by molar-refractivity contribution is 0.232. The second-order valence-corrected chi connectivity index (χ2v) is 8.86. The van der Waals surface area contributed by atoms with Gasteiger partial charge in [0.05, 0.1) is 5.75 Å². The Labute approximate surface area is 106 Å². The fourth-order valence-corrected chi connectivity index (χ4v) is 3.91. The van der Waals surface area contributed by atoms with Crippen molar-refractivity contribution in [3.8, 4) is 0 Å². The van der Waals surface area contributed by atoms with Gasteiger partial charge in [0.15, 0.2) is 0 Å². The van der Waals surface area contributed by atoms with Crippen LogP contribution in [0.4, 0.5) is 0 Å². The van der Waals surface area contributed by atoms with Gasteiger partial charge in [0.25, 0.3) is 0 Å². The summed E-state index contributed by atoms with van der Waals surface area (Å²) in [5.74, 6) is 0.257. The second kappa shape index (κ2) is 4.86. The van der Waals surface area contributed by atoms with E-state index in [-0.39, 0.29) is 16.7 Å². The maximum atomic E-state index is 12.2. The standard InChI is InChI=1S/C12H26N2O2S/c1-11(2,3)6-9-17(15,16)14-8-7-13-12(4,5)10-14/h13H,6-10H2,1-5H3. The Morgan fingerprint density at radius 1 is 1.29 bits per heavy atom. The summed E-state index contributed by atoms with van der Waals surface area (Å²) in [6.45, 7) is 12.2. The molecule has 0 spiro atoms. The molecule has 0 bridgehead atoms. The van der Waals surface area contributed by atoms with Crippen LogP contribution in [0.25, 0.3) is 0 Å². The van der Waals surface area contributed by atoms with Crippen molar-refractivity contribution >= 4 is 10.0 Å². The summed E-state index contributed by atoms with van der Waals surface area (Å²) in [7, 11) is -3.09. The van der Waals surface area contributed by atoms with E-state index in [0.29, 0.717) is 19.5 Å². The first-order valence-corrected chi connectivity index (χ1v) is 7.86. The van der Waals surface area contributed by atoms with Crippen LogP contribution < -0.4 is 5.32 Å². The predicted octanol–water partition coefficient (Wildman–Crippen LogP) is 1.44. The molecule has 1 fully saturated rings. The van der Waals surface area contributed by atoms with Gasteiger partial charge in [-0.05, 0) is 25.7 Å². The minimum atomic E-state index is -3.09. The molecular formula is C12H26N2O2S. The van der Waals surface area contributed by atoms with E-state index in [1.165, 1.54) is 0 Å². The molecule has 1 heterocycles. The van der Waals surface area contributed by atoms with Gasteiger partial charge in [-0.25, -0.2) is 8.42 Å². The lowest BCUT2D eigenvalue weighted by atomic mass is 9.94. The molecule has 0 aliphatic carbocycles. The molecule has 1 saturated heterocycles. The highest BCUT2D eigenvalue weighted by molar-refractivity contribution is 7.89. The van der Waals surface area contributed by atoms with Crippen molar-refractivity contribution in [3.63, 3.8) is 0 Å². The summed E-state index contributed by atoms with van der Waals surface area (Å²) in [6, 6.07) is 0. The van der Waals surface area contributed by atoms with Crippen molar-refractivity contribution in [2.45, 2.75) is 46.6 Å². The van der Waals surface area contributed by atoms with Crippen LogP contribution in [-0.2, 0) is 10.0 Å². The second-order valence-electron chi connectivity index (χ2n) is 6.77. The number of sulfonamides is 1. The van der Waals surface area contributed by atoms with Crippen LogP contribution in [0.1, 0.15) is 41.0 Å². The topological polar surface area (TPSA) is 49.4 Å². The van der Waals surface area contributed by atoms with Crippen LogP contribution in [0.2, 0.25) is 0 Å². The normalized spacial score (nSPS) is 22.6. The molecule has 102 valence electrons. The van der Waals surface area contributed by atoms with Gasteiger partial charge < -0.3 is 5.32 Å². The van der Waals surface area contributed by atoms with Crippen LogP contribution in [0, 0.1) is 5.41 Å². The van der Waals surface area contributed by atoms with Crippen molar-refractivity contribution in [1.82, 2.24) is 9.62 Å². The fourth-order valence-electron chi connectivity index (χ4n) is 1.90. The molecule has 1 aliphatic heterocycles. The van der Waals surface area contributed by atoms with Crippen molar-refractivity contribution in [2.75, 3.05) is 25.4 Å². The highest BCUT2D eigenvalue weighted by Crippen LogP contribution is 2.22. The van der Waals surface area contributed by atoms with Crippen LogP contribution in [0.15, 0.2) is 0 Å². The predicted molar refractivity (Wildman–Crippen MR) is 71.5 cm³/mol. The van der Waals surface area contributed by atoms with Crippen LogP contribution in [0.3, 0.4) is 0 Å². The summed E-state index contributed by atoms with van der Waals surface area (Å²) in [5.41, 5.74) is -0.0519. The summed E-state index contributed by atoms with van der Waals surface area (Å²) >= 11 is 0. The Morgan fingerprint density at radius 2 is 1.88 bits per heavy atom. The van der Waals surface area contributed by atoms with E-state index in [0.717, 1.165) is 6.54 Å². The average molecular weight is 262 g/mol. The number of piperazine rings is 1. The van der Waals surface area contributed by atoms with E-state index < -0.39 is 10.0 Å². The smallest absolute Gasteiger partial charge is 0.214 e. The molecule has 5 heteroatoms. The first-order valence-electron chi connectivity index (χ1n) is 6.25. The van der Waals surface area contributed by atoms with Crippen LogP contribution in [-0.4, -0.2) is 43.6 Å². The van der Waals surface area contributed by atoms with Gasteiger partial charge in [0.2, 0.25) is 10.0 Å². The van der Waals surface area contributed by atoms with E-state index in [9.17, 15) is 8.42 Å². The van der Waals surface area contributed by atoms with Gasteiger partial charge in [-0.1, -0.05) is 20.8 Å². The largest absolute Gasteiger partial charge is 0.309 e. The average Bonchev–Trinajstić information content (AvgIpc) is 2.12. The van der Waals surface area contributed by atoms with E-state index >= 15 is 0 Å². The van der Waals surface area contributed by atoms with Gasteiger partial charge in [-0.2, -0.15) is 4.31 Å². The molecule has 17 heavy (non-hydrogen) atoms. The maximum absolute atomic E-state index is 12.2. The molecule has 1 aliphatic rings. The van der Waals surface area contributed by atoms with Crippen LogP contribution in [0.5, 0.6) is 0 Å². The molecule has 1 rings (SSSR count).